The van der Waals surface area contributed by atoms with E-state index in [0.29, 0.717) is 0 Å². The van der Waals surface area contributed by atoms with E-state index in [1.54, 1.807) is 0 Å². The van der Waals surface area contributed by atoms with Crippen LogP contribution >= 0.6 is 15.9 Å². The van der Waals surface area contributed by atoms with Crippen molar-refractivity contribution in [2.75, 3.05) is 0 Å². The summed E-state index contributed by atoms with van der Waals surface area (Å²) in [7, 11) is 0. The van der Waals surface area contributed by atoms with E-state index in [2.05, 4.69) is 47.2 Å². The number of rotatable bonds is 5. The zero-order valence-corrected chi connectivity index (χ0v) is 11.1. The summed E-state index contributed by atoms with van der Waals surface area (Å²) >= 11 is 3.61. The number of halogens is 1. The Morgan fingerprint density at radius 3 is 2.67 bits per heavy atom. The lowest BCUT2D eigenvalue weighted by Gasteiger charge is -2.11. The van der Waals surface area contributed by atoms with Crippen LogP contribution in [-0.2, 0) is 19.4 Å². The zero-order valence-electron chi connectivity index (χ0n) is 9.55. The van der Waals surface area contributed by atoms with Gasteiger partial charge in [0.15, 0.2) is 0 Å². The summed E-state index contributed by atoms with van der Waals surface area (Å²) in [6.45, 7) is 7.17. The fourth-order valence-corrected chi connectivity index (χ4v) is 2.29. The fourth-order valence-electron chi connectivity index (χ4n) is 1.56. The van der Waals surface area contributed by atoms with Gasteiger partial charge in [0.25, 0.3) is 0 Å². The van der Waals surface area contributed by atoms with E-state index in [-0.39, 0.29) is 6.04 Å². The molecule has 0 radical (unpaired) electrons. The minimum Gasteiger partial charge on any atom is -0.271 e. The van der Waals surface area contributed by atoms with Crippen LogP contribution in [0.3, 0.4) is 0 Å². The highest BCUT2D eigenvalue weighted by Crippen LogP contribution is 2.23. The quantitative estimate of drug-likeness (QED) is 0.634. The molecule has 1 unspecified atom stereocenters. The van der Waals surface area contributed by atoms with Gasteiger partial charge in [-0.05, 0) is 36.2 Å². The molecule has 1 heterocycles. The molecule has 1 rings (SSSR count). The highest BCUT2D eigenvalue weighted by atomic mass is 79.9. The maximum atomic E-state index is 5.41. The van der Waals surface area contributed by atoms with E-state index in [1.165, 1.54) is 5.69 Å². The molecule has 86 valence electrons. The standard InChI is InChI=1S/C10H19BrN4/c1-4-8-10(11)9(6-7(3)13-12)15(5-2)14-8/h7,13H,4-6,12H2,1-3H3. The molecule has 0 bridgehead atoms. The highest BCUT2D eigenvalue weighted by molar-refractivity contribution is 9.10. The molecule has 1 aromatic rings. The Balaban J connectivity index is 2.97. The number of aryl methyl sites for hydroxylation is 2. The first-order chi connectivity index (χ1) is 7.13. The van der Waals surface area contributed by atoms with Crippen molar-refractivity contribution < 1.29 is 0 Å². The van der Waals surface area contributed by atoms with Gasteiger partial charge in [0.2, 0.25) is 0 Å². The number of hydrogen-bond acceptors (Lipinski definition) is 3. The molecular formula is C10H19BrN4. The van der Waals surface area contributed by atoms with Crippen LogP contribution in [0.2, 0.25) is 0 Å². The molecule has 0 spiro atoms. The molecule has 0 fully saturated rings. The summed E-state index contributed by atoms with van der Waals surface area (Å²) in [5.41, 5.74) is 5.10. The smallest absolute Gasteiger partial charge is 0.0766 e. The molecule has 0 saturated carbocycles. The Bertz CT molecular complexity index is 321. The van der Waals surface area contributed by atoms with Gasteiger partial charge >= 0.3 is 0 Å². The Morgan fingerprint density at radius 2 is 2.20 bits per heavy atom. The van der Waals surface area contributed by atoms with Crippen LogP contribution in [0, 0.1) is 0 Å². The van der Waals surface area contributed by atoms with Gasteiger partial charge in [0, 0.05) is 19.0 Å². The van der Waals surface area contributed by atoms with Crippen LogP contribution in [0.5, 0.6) is 0 Å². The van der Waals surface area contributed by atoms with Gasteiger partial charge < -0.3 is 0 Å². The Morgan fingerprint density at radius 1 is 1.53 bits per heavy atom. The minimum atomic E-state index is 0.257. The van der Waals surface area contributed by atoms with Gasteiger partial charge in [0.1, 0.15) is 0 Å². The van der Waals surface area contributed by atoms with Crippen molar-refractivity contribution in [1.29, 1.82) is 0 Å². The molecule has 0 aliphatic rings. The second kappa shape index (κ2) is 5.63. The van der Waals surface area contributed by atoms with Crippen LogP contribution in [0.25, 0.3) is 0 Å². The molecule has 15 heavy (non-hydrogen) atoms. The van der Waals surface area contributed by atoms with Gasteiger partial charge in [0.05, 0.1) is 15.9 Å². The molecule has 1 atom stereocenters. The van der Waals surface area contributed by atoms with Crippen molar-refractivity contribution in [3.63, 3.8) is 0 Å². The summed E-state index contributed by atoms with van der Waals surface area (Å²) in [5, 5.41) is 4.54. The lowest BCUT2D eigenvalue weighted by molar-refractivity contribution is 0.528. The second-order valence-corrected chi connectivity index (χ2v) is 4.44. The first kappa shape index (κ1) is 12.7. The van der Waals surface area contributed by atoms with Crippen LogP contribution in [0.15, 0.2) is 4.47 Å². The molecule has 4 nitrogen and oxygen atoms in total. The van der Waals surface area contributed by atoms with Crippen LogP contribution in [-0.4, -0.2) is 15.8 Å². The van der Waals surface area contributed by atoms with Crippen LogP contribution in [0.4, 0.5) is 0 Å². The SMILES string of the molecule is CCc1nn(CC)c(CC(C)NN)c1Br. The average Bonchev–Trinajstić information content (AvgIpc) is 2.55. The van der Waals surface area contributed by atoms with E-state index in [0.717, 1.165) is 29.6 Å². The number of nitrogens with two attached hydrogens (primary N) is 1. The maximum absolute atomic E-state index is 5.41. The van der Waals surface area contributed by atoms with E-state index < -0.39 is 0 Å². The molecule has 1 aromatic heterocycles. The Labute approximate surface area is 99.3 Å². The highest BCUT2D eigenvalue weighted by Gasteiger charge is 2.15. The molecule has 0 aliphatic heterocycles. The number of hydrogen-bond donors (Lipinski definition) is 2. The molecular weight excluding hydrogens is 256 g/mol. The van der Waals surface area contributed by atoms with Crippen molar-refractivity contribution in [3.8, 4) is 0 Å². The zero-order chi connectivity index (χ0) is 11.4. The minimum absolute atomic E-state index is 0.257. The fraction of sp³-hybridized carbons (Fsp3) is 0.700. The van der Waals surface area contributed by atoms with Gasteiger partial charge in [-0.2, -0.15) is 5.10 Å². The largest absolute Gasteiger partial charge is 0.271 e. The molecule has 0 aliphatic carbocycles. The number of nitrogens with zero attached hydrogens (tertiary/aromatic N) is 2. The third kappa shape index (κ3) is 2.80. The third-order valence-electron chi connectivity index (χ3n) is 2.48. The summed E-state index contributed by atoms with van der Waals surface area (Å²) in [4.78, 5) is 0. The van der Waals surface area contributed by atoms with Crippen LogP contribution < -0.4 is 11.3 Å². The Hall–Kier alpha value is -0.390. The van der Waals surface area contributed by atoms with Crippen LogP contribution in [0.1, 0.15) is 32.2 Å². The summed E-state index contributed by atoms with van der Waals surface area (Å²) in [6, 6.07) is 0.257. The molecule has 3 N–H and O–H groups in total. The van der Waals surface area contributed by atoms with Crippen molar-refractivity contribution >= 4 is 15.9 Å². The maximum Gasteiger partial charge on any atom is 0.0766 e. The van der Waals surface area contributed by atoms with E-state index in [1.807, 2.05) is 4.68 Å². The monoisotopic (exact) mass is 274 g/mol. The predicted molar refractivity (Wildman–Crippen MR) is 65.5 cm³/mol. The first-order valence-electron chi connectivity index (χ1n) is 5.34. The molecule has 0 amide bonds. The summed E-state index contributed by atoms with van der Waals surface area (Å²) < 4.78 is 3.17. The Kier molecular flexibility index (Phi) is 4.76. The van der Waals surface area contributed by atoms with Crippen molar-refractivity contribution in [2.24, 2.45) is 5.84 Å². The number of nitrogens with one attached hydrogen (secondary N) is 1. The van der Waals surface area contributed by atoms with E-state index >= 15 is 0 Å². The number of hydrazine groups is 1. The van der Waals surface area contributed by atoms with Gasteiger partial charge in [-0.1, -0.05) is 6.92 Å². The summed E-state index contributed by atoms with van der Waals surface area (Å²) in [6.07, 6.45) is 1.84. The third-order valence-corrected chi connectivity index (χ3v) is 3.39. The molecule has 5 heteroatoms. The summed E-state index contributed by atoms with van der Waals surface area (Å²) in [5.74, 6) is 5.41. The lowest BCUT2D eigenvalue weighted by atomic mass is 10.1. The van der Waals surface area contributed by atoms with Crippen molar-refractivity contribution in [3.05, 3.63) is 15.9 Å². The molecule has 0 saturated heterocycles. The van der Waals surface area contributed by atoms with Gasteiger partial charge in [-0.25, -0.2) is 0 Å². The average molecular weight is 275 g/mol. The first-order valence-corrected chi connectivity index (χ1v) is 6.13. The topological polar surface area (TPSA) is 55.9 Å². The second-order valence-electron chi connectivity index (χ2n) is 3.65. The predicted octanol–water partition coefficient (Wildman–Crippen LogP) is 1.62. The lowest BCUT2D eigenvalue weighted by Crippen LogP contribution is -2.34. The van der Waals surface area contributed by atoms with Gasteiger partial charge in [-0.15, -0.1) is 0 Å². The van der Waals surface area contributed by atoms with E-state index in [9.17, 15) is 0 Å². The number of aromatic nitrogens is 2. The van der Waals surface area contributed by atoms with Crippen molar-refractivity contribution in [1.82, 2.24) is 15.2 Å². The van der Waals surface area contributed by atoms with Crippen molar-refractivity contribution in [2.45, 2.75) is 46.2 Å². The van der Waals surface area contributed by atoms with E-state index in [4.69, 9.17) is 5.84 Å². The normalized spacial score (nSPS) is 13.1. The van der Waals surface area contributed by atoms with Gasteiger partial charge in [-0.3, -0.25) is 16.0 Å². The molecule has 0 aromatic carbocycles.